The molecule has 0 fully saturated rings. The summed E-state index contributed by atoms with van der Waals surface area (Å²) in [5.74, 6) is 0.158. The molecule has 0 unspecified atom stereocenters. The molecule has 0 saturated heterocycles. The zero-order chi connectivity index (χ0) is 14.4. The number of furan rings is 1. The zero-order valence-corrected chi connectivity index (χ0v) is 11.2. The van der Waals surface area contributed by atoms with E-state index in [0.29, 0.717) is 6.42 Å². The molecule has 0 bridgehead atoms. The Bertz CT molecular complexity index is 590. The smallest absolute Gasteiger partial charge is 0.305 e. The van der Waals surface area contributed by atoms with Crippen LogP contribution in [0.15, 0.2) is 46.9 Å². The monoisotopic (exact) mass is 272 g/mol. The molecule has 5 heteroatoms. The number of hydrogen-bond acceptors (Lipinski definition) is 3. The first-order valence-electron chi connectivity index (χ1n) is 6.41. The zero-order valence-electron chi connectivity index (χ0n) is 11.2. The van der Waals surface area contributed by atoms with Crippen LogP contribution in [-0.2, 0) is 17.6 Å². The summed E-state index contributed by atoms with van der Waals surface area (Å²) in [6.45, 7) is 1.93. The Morgan fingerprint density at radius 3 is 2.45 bits per heavy atom. The van der Waals surface area contributed by atoms with Crippen LogP contribution in [0.5, 0.6) is 0 Å². The minimum Gasteiger partial charge on any atom is -0.456 e. The largest absolute Gasteiger partial charge is 0.456 e. The van der Waals surface area contributed by atoms with Gasteiger partial charge in [0.25, 0.3) is 0 Å². The summed E-state index contributed by atoms with van der Waals surface area (Å²) in [6, 6.07) is 12.6. The van der Waals surface area contributed by atoms with Gasteiger partial charge in [-0.25, -0.2) is 0 Å². The Morgan fingerprint density at radius 1 is 1.05 bits per heavy atom. The molecule has 2 amide bonds. The minimum absolute atomic E-state index is 0.182. The highest BCUT2D eigenvalue weighted by atomic mass is 16.4. The maximum Gasteiger partial charge on any atom is 0.305 e. The fourth-order valence-electron chi connectivity index (χ4n) is 1.70. The highest BCUT2D eigenvalue weighted by Crippen LogP contribution is 2.07. The SMILES string of the molecule is CCc1ccc(C(=O)NNC(=O)Cc2ccccc2)o1. The van der Waals surface area contributed by atoms with Gasteiger partial charge in [0.1, 0.15) is 5.76 Å². The third kappa shape index (κ3) is 3.71. The molecule has 0 saturated carbocycles. The van der Waals surface area contributed by atoms with Gasteiger partial charge >= 0.3 is 5.91 Å². The molecular weight excluding hydrogens is 256 g/mol. The van der Waals surface area contributed by atoms with Crippen molar-refractivity contribution in [2.24, 2.45) is 0 Å². The summed E-state index contributed by atoms with van der Waals surface area (Å²) in [6.07, 6.45) is 0.924. The molecule has 2 aromatic rings. The number of nitrogens with one attached hydrogen (secondary N) is 2. The molecule has 1 heterocycles. The van der Waals surface area contributed by atoms with Crippen LogP contribution < -0.4 is 10.9 Å². The standard InChI is InChI=1S/C15H16N2O3/c1-2-12-8-9-13(20-12)15(19)17-16-14(18)10-11-6-4-3-5-7-11/h3-9H,2,10H2,1H3,(H,16,18)(H,17,19). The van der Waals surface area contributed by atoms with Crippen molar-refractivity contribution in [2.45, 2.75) is 19.8 Å². The lowest BCUT2D eigenvalue weighted by Gasteiger charge is -2.05. The average Bonchev–Trinajstić information content (AvgIpc) is 2.95. The van der Waals surface area contributed by atoms with E-state index in [0.717, 1.165) is 11.3 Å². The summed E-state index contributed by atoms with van der Waals surface area (Å²) >= 11 is 0. The van der Waals surface area contributed by atoms with Gasteiger partial charge in [0, 0.05) is 6.42 Å². The molecular formula is C15H16N2O3. The number of carbonyl (C=O) groups excluding carboxylic acids is 2. The van der Waals surface area contributed by atoms with E-state index in [1.165, 1.54) is 0 Å². The molecule has 0 atom stereocenters. The first kappa shape index (κ1) is 13.9. The first-order valence-corrected chi connectivity index (χ1v) is 6.41. The predicted molar refractivity (Wildman–Crippen MR) is 73.8 cm³/mol. The van der Waals surface area contributed by atoms with E-state index in [1.807, 2.05) is 37.3 Å². The summed E-state index contributed by atoms with van der Waals surface area (Å²) in [5, 5.41) is 0. The molecule has 20 heavy (non-hydrogen) atoms. The van der Waals surface area contributed by atoms with Crippen molar-refractivity contribution in [3.63, 3.8) is 0 Å². The van der Waals surface area contributed by atoms with Crippen molar-refractivity contribution < 1.29 is 14.0 Å². The van der Waals surface area contributed by atoms with Crippen LogP contribution in [0.25, 0.3) is 0 Å². The summed E-state index contributed by atoms with van der Waals surface area (Å²) in [7, 11) is 0. The van der Waals surface area contributed by atoms with Gasteiger partial charge in [-0.2, -0.15) is 0 Å². The van der Waals surface area contributed by atoms with Gasteiger partial charge in [-0.05, 0) is 17.7 Å². The second kappa shape index (κ2) is 6.56. The lowest BCUT2D eigenvalue weighted by Crippen LogP contribution is -2.42. The Kier molecular flexibility index (Phi) is 4.55. The number of amides is 2. The number of hydrogen-bond donors (Lipinski definition) is 2. The Morgan fingerprint density at radius 2 is 1.80 bits per heavy atom. The van der Waals surface area contributed by atoms with Crippen molar-refractivity contribution in [2.75, 3.05) is 0 Å². The van der Waals surface area contributed by atoms with Crippen LogP contribution in [0.1, 0.15) is 28.8 Å². The predicted octanol–water partition coefficient (Wildman–Crippen LogP) is 1.85. The molecule has 0 spiro atoms. The molecule has 0 aliphatic carbocycles. The van der Waals surface area contributed by atoms with E-state index in [-0.39, 0.29) is 18.1 Å². The normalized spacial score (nSPS) is 10.1. The third-order valence-electron chi connectivity index (χ3n) is 2.76. The second-order valence-electron chi connectivity index (χ2n) is 4.28. The van der Waals surface area contributed by atoms with Crippen molar-refractivity contribution >= 4 is 11.8 Å². The summed E-state index contributed by atoms with van der Waals surface area (Å²) in [4.78, 5) is 23.4. The maximum absolute atomic E-state index is 11.7. The molecule has 104 valence electrons. The quantitative estimate of drug-likeness (QED) is 0.834. The number of carbonyl (C=O) groups is 2. The topological polar surface area (TPSA) is 71.3 Å². The van der Waals surface area contributed by atoms with Crippen LogP contribution in [-0.4, -0.2) is 11.8 Å². The molecule has 1 aromatic heterocycles. The summed E-state index contributed by atoms with van der Waals surface area (Å²) in [5.41, 5.74) is 5.56. The minimum atomic E-state index is -0.467. The van der Waals surface area contributed by atoms with E-state index >= 15 is 0 Å². The third-order valence-corrected chi connectivity index (χ3v) is 2.76. The van der Waals surface area contributed by atoms with E-state index in [9.17, 15) is 9.59 Å². The van der Waals surface area contributed by atoms with E-state index < -0.39 is 5.91 Å². The maximum atomic E-state index is 11.7. The second-order valence-corrected chi connectivity index (χ2v) is 4.28. The van der Waals surface area contributed by atoms with Crippen molar-refractivity contribution in [3.8, 4) is 0 Å². The number of rotatable bonds is 4. The van der Waals surface area contributed by atoms with Crippen molar-refractivity contribution in [1.29, 1.82) is 0 Å². The molecule has 2 rings (SSSR count). The Hall–Kier alpha value is -2.56. The van der Waals surface area contributed by atoms with Gasteiger partial charge in [0.15, 0.2) is 5.76 Å². The van der Waals surface area contributed by atoms with Crippen LogP contribution >= 0.6 is 0 Å². The van der Waals surface area contributed by atoms with Gasteiger partial charge in [-0.15, -0.1) is 0 Å². The molecule has 1 aromatic carbocycles. The number of benzene rings is 1. The van der Waals surface area contributed by atoms with Gasteiger partial charge in [0.2, 0.25) is 5.91 Å². The summed E-state index contributed by atoms with van der Waals surface area (Å²) < 4.78 is 5.28. The Balaban J connectivity index is 1.82. The fraction of sp³-hybridized carbons (Fsp3) is 0.200. The fourth-order valence-corrected chi connectivity index (χ4v) is 1.70. The first-order chi connectivity index (χ1) is 9.69. The van der Waals surface area contributed by atoms with Crippen molar-refractivity contribution in [3.05, 3.63) is 59.5 Å². The van der Waals surface area contributed by atoms with Crippen LogP contribution in [0.2, 0.25) is 0 Å². The van der Waals surface area contributed by atoms with E-state index in [4.69, 9.17) is 4.42 Å². The lowest BCUT2D eigenvalue weighted by molar-refractivity contribution is -0.121. The van der Waals surface area contributed by atoms with E-state index in [1.54, 1.807) is 12.1 Å². The molecule has 2 N–H and O–H groups in total. The molecule has 0 aliphatic rings. The molecule has 0 aliphatic heterocycles. The van der Waals surface area contributed by atoms with Gasteiger partial charge in [0.05, 0.1) is 6.42 Å². The number of aryl methyl sites for hydroxylation is 1. The number of hydrazine groups is 1. The van der Waals surface area contributed by atoms with Crippen LogP contribution in [0.4, 0.5) is 0 Å². The van der Waals surface area contributed by atoms with Gasteiger partial charge in [-0.1, -0.05) is 37.3 Å². The van der Waals surface area contributed by atoms with Crippen LogP contribution in [0, 0.1) is 0 Å². The molecule has 5 nitrogen and oxygen atoms in total. The van der Waals surface area contributed by atoms with Gasteiger partial charge in [-0.3, -0.25) is 20.4 Å². The molecule has 0 radical (unpaired) electrons. The van der Waals surface area contributed by atoms with Gasteiger partial charge < -0.3 is 4.42 Å². The lowest BCUT2D eigenvalue weighted by atomic mass is 10.1. The van der Waals surface area contributed by atoms with Crippen molar-refractivity contribution in [1.82, 2.24) is 10.9 Å². The highest BCUT2D eigenvalue weighted by Gasteiger charge is 2.11. The Labute approximate surface area is 117 Å². The van der Waals surface area contributed by atoms with E-state index in [2.05, 4.69) is 10.9 Å². The average molecular weight is 272 g/mol. The van der Waals surface area contributed by atoms with Crippen LogP contribution in [0.3, 0.4) is 0 Å². The highest BCUT2D eigenvalue weighted by molar-refractivity contribution is 5.93.